The lowest BCUT2D eigenvalue weighted by molar-refractivity contribution is 0.365. The van der Waals surface area contributed by atoms with E-state index in [0.29, 0.717) is 12.0 Å². The van der Waals surface area contributed by atoms with Gasteiger partial charge in [0.2, 0.25) is 0 Å². The first kappa shape index (κ1) is 7.03. The van der Waals surface area contributed by atoms with Crippen LogP contribution in [0.2, 0.25) is 0 Å². The Morgan fingerprint density at radius 2 is 2.11 bits per heavy atom. The minimum Gasteiger partial charge on any atom is -0.328 e. The van der Waals surface area contributed by atoms with Gasteiger partial charge in [-0.15, -0.1) is 0 Å². The van der Waals surface area contributed by atoms with Crippen LogP contribution in [-0.2, 0) is 0 Å². The molecule has 0 amide bonds. The van der Waals surface area contributed by atoms with Crippen LogP contribution in [0.15, 0.2) is 0 Å². The van der Waals surface area contributed by atoms with Crippen LogP contribution in [0.4, 0.5) is 0 Å². The summed E-state index contributed by atoms with van der Waals surface area (Å²) in [7, 11) is 0. The van der Waals surface area contributed by atoms with Crippen molar-refractivity contribution in [2.45, 2.75) is 32.2 Å². The van der Waals surface area contributed by atoms with Crippen molar-refractivity contribution in [3.05, 3.63) is 6.04 Å². The van der Waals surface area contributed by atoms with E-state index in [2.05, 4.69) is 6.92 Å². The maximum atomic E-state index is 5.71. The molecule has 1 aliphatic carbocycles. The summed E-state index contributed by atoms with van der Waals surface area (Å²) in [4.78, 5) is 0. The van der Waals surface area contributed by atoms with E-state index in [1.54, 1.807) is 0 Å². The number of nitrogens with two attached hydrogens (primary N) is 2. The molecule has 2 atom stereocenters. The van der Waals surface area contributed by atoms with Crippen LogP contribution >= 0.6 is 0 Å². The van der Waals surface area contributed by atoms with Crippen molar-refractivity contribution in [3.8, 4) is 0 Å². The summed E-state index contributed by atoms with van der Waals surface area (Å²) in [5.41, 5.74) is 11.4. The molecule has 2 nitrogen and oxygen atoms in total. The van der Waals surface area contributed by atoms with Gasteiger partial charge in [0.05, 0.1) is 0 Å². The third kappa shape index (κ3) is 1.95. The van der Waals surface area contributed by atoms with Gasteiger partial charge in [-0.1, -0.05) is 6.92 Å². The Kier molecular flexibility index (Phi) is 2.09. The van der Waals surface area contributed by atoms with Gasteiger partial charge in [0, 0.05) is 12.1 Å². The molecular weight excluding hydrogens is 112 g/mol. The minimum absolute atomic E-state index is 0.328. The molecule has 0 aromatic heterocycles. The topological polar surface area (TPSA) is 52.0 Å². The molecule has 0 saturated heterocycles. The zero-order chi connectivity index (χ0) is 6.85. The number of rotatable bonds is 0. The highest BCUT2D eigenvalue weighted by molar-refractivity contribution is 4.93. The van der Waals surface area contributed by atoms with Crippen LogP contribution < -0.4 is 11.5 Å². The van der Waals surface area contributed by atoms with Gasteiger partial charge in [-0.05, 0) is 25.2 Å². The van der Waals surface area contributed by atoms with E-state index >= 15 is 0 Å². The summed E-state index contributed by atoms with van der Waals surface area (Å²) in [6.45, 7) is 2.20. The molecule has 1 saturated carbocycles. The highest BCUT2D eigenvalue weighted by atomic mass is 14.7. The zero-order valence-electron chi connectivity index (χ0n) is 5.93. The average molecular weight is 127 g/mol. The molecule has 0 bridgehead atoms. The molecule has 1 rings (SSSR count). The smallest absolute Gasteiger partial charge is 0.0354 e. The van der Waals surface area contributed by atoms with E-state index in [0.717, 1.165) is 25.3 Å². The van der Waals surface area contributed by atoms with Crippen molar-refractivity contribution in [2.24, 2.45) is 17.4 Å². The van der Waals surface area contributed by atoms with Gasteiger partial charge in [-0.25, -0.2) is 0 Å². The largest absolute Gasteiger partial charge is 0.328 e. The molecule has 2 heteroatoms. The fourth-order valence-electron chi connectivity index (χ4n) is 1.55. The molecule has 0 aliphatic heterocycles. The average Bonchev–Trinajstić information content (AvgIpc) is 1.59. The van der Waals surface area contributed by atoms with Crippen molar-refractivity contribution >= 4 is 0 Å². The first-order valence-electron chi connectivity index (χ1n) is 3.54. The predicted octanol–water partition coefficient (Wildman–Crippen LogP) is 0.624. The second-order valence-electron chi connectivity index (χ2n) is 3.17. The SMILES string of the molecule is CC1C[C](N)CC(N)C1. The van der Waals surface area contributed by atoms with Gasteiger partial charge in [-0.2, -0.15) is 0 Å². The van der Waals surface area contributed by atoms with Gasteiger partial charge in [0.1, 0.15) is 0 Å². The molecule has 53 valence electrons. The van der Waals surface area contributed by atoms with Gasteiger partial charge >= 0.3 is 0 Å². The number of hydrogen-bond donors (Lipinski definition) is 2. The summed E-state index contributed by atoms with van der Waals surface area (Å²) in [5.74, 6) is 0.703. The highest BCUT2D eigenvalue weighted by Gasteiger charge is 2.21. The number of hydrogen-bond acceptors (Lipinski definition) is 2. The van der Waals surface area contributed by atoms with Crippen molar-refractivity contribution in [3.63, 3.8) is 0 Å². The summed E-state index contributed by atoms with van der Waals surface area (Å²) in [5, 5.41) is 0. The molecule has 0 heterocycles. The monoisotopic (exact) mass is 127 g/mol. The summed E-state index contributed by atoms with van der Waals surface area (Å²) >= 11 is 0. The van der Waals surface area contributed by atoms with Gasteiger partial charge < -0.3 is 11.5 Å². The van der Waals surface area contributed by atoms with Crippen LogP contribution in [0.3, 0.4) is 0 Å². The van der Waals surface area contributed by atoms with E-state index in [1.165, 1.54) is 0 Å². The maximum Gasteiger partial charge on any atom is 0.0354 e. The van der Waals surface area contributed by atoms with Gasteiger partial charge in [0.15, 0.2) is 0 Å². The molecule has 0 spiro atoms. The van der Waals surface area contributed by atoms with Crippen LogP contribution in [0.1, 0.15) is 26.2 Å². The molecule has 2 unspecified atom stereocenters. The second kappa shape index (κ2) is 2.67. The van der Waals surface area contributed by atoms with E-state index in [1.807, 2.05) is 0 Å². The molecule has 1 radical (unpaired) electrons. The van der Waals surface area contributed by atoms with Crippen LogP contribution in [0, 0.1) is 12.0 Å². The normalized spacial score (nSPS) is 39.0. The lowest BCUT2D eigenvalue weighted by Crippen LogP contribution is -2.34. The van der Waals surface area contributed by atoms with Crippen LogP contribution in [0.5, 0.6) is 0 Å². The first-order chi connectivity index (χ1) is 4.18. The van der Waals surface area contributed by atoms with Crippen LogP contribution in [-0.4, -0.2) is 6.04 Å². The fourth-order valence-corrected chi connectivity index (χ4v) is 1.55. The lowest BCUT2D eigenvalue weighted by Gasteiger charge is -2.27. The molecule has 1 fully saturated rings. The van der Waals surface area contributed by atoms with E-state index < -0.39 is 0 Å². The highest BCUT2D eigenvalue weighted by Crippen LogP contribution is 2.25. The first-order valence-corrected chi connectivity index (χ1v) is 3.54. The van der Waals surface area contributed by atoms with Crippen molar-refractivity contribution in [1.82, 2.24) is 0 Å². The third-order valence-corrected chi connectivity index (χ3v) is 1.84. The van der Waals surface area contributed by atoms with Crippen molar-refractivity contribution in [2.75, 3.05) is 0 Å². The van der Waals surface area contributed by atoms with Gasteiger partial charge in [-0.3, -0.25) is 0 Å². The Morgan fingerprint density at radius 1 is 1.44 bits per heavy atom. The maximum absolute atomic E-state index is 5.71. The zero-order valence-corrected chi connectivity index (χ0v) is 5.93. The Bertz CT molecular complexity index is 67.9. The van der Waals surface area contributed by atoms with Gasteiger partial charge in [0.25, 0.3) is 0 Å². The van der Waals surface area contributed by atoms with Crippen LogP contribution in [0.25, 0.3) is 0 Å². The second-order valence-corrected chi connectivity index (χ2v) is 3.17. The quantitative estimate of drug-likeness (QED) is 0.501. The Balaban J connectivity index is 2.34. The molecule has 0 aromatic rings. The van der Waals surface area contributed by atoms with Crippen molar-refractivity contribution < 1.29 is 0 Å². The molecule has 1 aliphatic rings. The summed E-state index contributed by atoms with van der Waals surface area (Å²) < 4.78 is 0. The minimum atomic E-state index is 0.328. The Morgan fingerprint density at radius 3 is 2.56 bits per heavy atom. The standard InChI is InChI=1S/C7H15N2/c1-5-2-6(8)4-7(9)3-5/h5-6H,2-4,8-9H2,1H3. The van der Waals surface area contributed by atoms with E-state index in [9.17, 15) is 0 Å². The fraction of sp³-hybridized carbons (Fsp3) is 0.857. The third-order valence-electron chi connectivity index (χ3n) is 1.84. The summed E-state index contributed by atoms with van der Waals surface area (Å²) in [6.07, 6.45) is 3.15. The summed E-state index contributed by atoms with van der Waals surface area (Å²) in [6, 6.07) is 1.41. The molecule has 4 N–H and O–H groups in total. The molecule has 9 heavy (non-hydrogen) atoms. The molecule has 0 aromatic carbocycles. The van der Waals surface area contributed by atoms with Crippen molar-refractivity contribution in [1.29, 1.82) is 0 Å². The lowest BCUT2D eigenvalue weighted by atomic mass is 9.84. The van der Waals surface area contributed by atoms with E-state index in [-0.39, 0.29) is 0 Å². The Labute approximate surface area is 56.6 Å². The Hall–Kier alpha value is -0.0800. The predicted molar refractivity (Wildman–Crippen MR) is 38.4 cm³/mol. The van der Waals surface area contributed by atoms with E-state index in [4.69, 9.17) is 11.5 Å². The molecular formula is C7H15N2.